The average molecular weight is 445 g/mol. The minimum absolute atomic E-state index is 0.186. The maximum atomic E-state index is 12.6. The summed E-state index contributed by atoms with van der Waals surface area (Å²) in [6, 6.07) is 19.6. The van der Waals surface area contributed by atoms with Crippen LogP contribution in [0.15, 0.2) is 66.7 Å². The Morgan fingerprint density at radius 3 is 2.21 bits per heavy atom. The summed E-state index contributed by atoms with van der Waals surface area (Å²) in [5, 5.41) is 13.9. The summed E-state index contributed by atoms with van der Waals surface area (Å²) in [5.41, 5.74) is 3.01. The second-order valence-electron chi connectivity index (χ2n) is 7.17. The van der Waals surface area contributed by atoms with Crippen LogP contribution in [-0.4, -0.2) is 41.0 Å². The average Bonchev–Trinajstić information content (AvgIpc) is 3.27. The Labute approximate surface area is 190 Å². The Bertz CT molecular complexity index is 1290. The van der Waals surface area contributed by atoms with Gasteiger partial charge in [0, 0.05) is 24.1 Å². The molecule has 0 spiro atoms. The van der Waals surface area contributed by atoms with Crippen LogP contribution in [0.4, 0.5) is 11.4 Å². The lowest BCUT2D eigenvalue weighted by atomic mass is 10.2. The zero-order chi connectivity index (χ0) is 23.2. The zero-order valence-corrected chi connectivity index (χ0v) is 18.2. The molecule has 0 atom stereocenters. The van der Waals surface area contributed by atoms with Crippen molar-refractivity contribution in [3.63, 3.8) is 0 Å². The van der Waals surface area contributed by atoms with Crippen LogP contribution in [0.2, 0.25) is 0 Å². The molecule has 1 aromatic heterocycles. The number of hydrogen-bond acceptors (Lipinski definition) is 6. The lowest BCUT2D eigenvalue weighted by molar-refractivity contribution is -0.116. The number of amides is 2. The van der Waals surface area contributed by atoms with Gasteiger partial charge in [0.25, 0.3) is 5.91 Å². The first kappa shape index (κ1) is 21.8. The number of aryl methyl sites for hydroxylation is 1. The van der Waals surface area contributed by atoms with E-state index in [1.165, 1.54) is 14.2 Å². The number of ether oxygens (including phenoxy) is 2. The molecule has 0 aliphatic carbocycles. The van der Waals surface area contributed by atoms with E-state index in [1.807, 2.05) is 30.3 Å². The number of carbonyl (C=O) groups excluding carboxylic acids is 2. The number of aromatic nitrogens is 3. The number of carbonyl (C=O) groups is 2. The van der Waals surface area contributed by atoms with Crippen LogP contribution in [0.25, 0.3) is 11.0 Å². The summed E-state index contributed by atoms with van der Waals surface area (Å²) >= 11 is 0. The summed E-state index contributed by atoms with van der Waals surface area (Å²) in [6.07, 6.45) is 0.186. The molecule has 2 amide bonds. The normalized spacial score (nSPS) is 10.6. The monoisotopic (exact) mass is 445 g/mol. The molecule has 3 aromatic carbocycles. The number of para-hydroxylation sites is 1. The molecule has 0 aliphatic rings. The first-order valence-electron chi connectivity index (χ1n) is 10.3. The second-order valence-corrected chi connectivity index (χ2v) is 7.17. The van der Waals surface area contributed by atoms with Crippen molar-refractivity contribution in [3.8, 4) is 11.5 Å². The summed E-state index contributed by atoms with van der Waals surface area (Å²) in [7, 11) is 2.98. The Balaban J connectivity index is 1.47. The highest BCUT2D eigenvalue weighted by atomic mass is 16.5. The molecule has 0 aliphatic heterocycles. The van der Waals surface area contributed by atoms with Gasteiger partial charge in [-0.15, -0.1) is 5.10 Å². The molecule has 0 bridgehead atoms. The molecule has 0 fully saturated rings. The van der Waals surface area contributed by atoms with Gasteiger partial charge in [-0.3, -0.25) is 9.59 Å². The molecule has 0 radical (unpaired) electrons. The number of nitrogens with zero attached hydrogens (tertiary/aromatic N) is 3. The van der Waals surface area contributed by atoms with Crippen molar-refractivity contribution >= 4 is 34.2 Å². The predicted octanol–water partition coefficient (Wildman–Crippen LogP) is 3.73. The molecule has 2 N–H and O–H groups in total. The molecule has 9 nitrogen and oxygen atoms in total. The topological polar surface area (TPSA) is 107 Å². The van der Waals surface area contributed by atoms with E-state index in [1.54, 1.807) is 41.1 Å². The Morgan fingerprint density at radius 1 is 0.879 bits per heavy atom. The fraction of sp³-hybridized carbons (Fsp3) is 0.167. The molecular formula is C24H23N5O4. The Morgan fingerprint density at radius 2 is 1.52 bits per heavy atom. The van der Waals surface area contributed by atoms with E-state index in [0.717, 1.165) is 11.0 Å². The van der Waals surface area contributed by atoms with Crippen LogP contribution in [-0.2, 0) is 11.3 Å². The van der Waals surface area contributed by atoms with E-state index >= 15 is 0 Å². The fourth-order valence-electron chi connectivity index (χ4n) is 3.38. The van der Waals surface area contributed by atoms with Crippen molar-refractivity contribution < 1.29 is 19.1 Å². The van der Waals surface area contributed by atoms with E-state index in [2.05, 4.69) is 20.9 Å². The fourth-order valence-corrected chi connectivity index (χ4v) is 3.38. The quantitative estimate of drug-likeness (QED) is 0.428. The minimum Gasteiger partial charge on any atom is -0.494 e. The SMILES string of the molecule is COc1cc(NC(=O)c2ccccc2)c(OC)cc1NC(=O)CCn1nnc2ccccc21. The predicted molar refractivity (Wildman–Crippen MR) is 125 cm³/mol. The van der Waals surface area contributed by atoms with Crippen LogP contribution >= 0.6 is 0 Å². The van der Waals surface area contributed by atoms with Crippen LogP contribution in [0.1, 0.15) is 16.8 Å². The summed E-state index contributed by atoms with van der Waals surface area (Å²) < 4.78 is 12.5. The highest BCUT2D eigenvalue weighted by Crippen LogP contribution is 2.36. The number of hydrogen-bond donors (Lipinski definition) is 2. The van der Waals surface area contributed by atoms with Gasteiger partial charge < -0.3 is 20.1 Å². The number of benzene rings is 3. The number of fused-ring (bicyclic) bond motifs is 1. The van der Waals surface area contributed by atoms with E-state index in [-0.39, 0.29) is 18.2 Å². The lowest BCUT2D eigenvalue weighted by Gasteiger charge is -2.16. The Hall–Kier alpha value is -4.40. The molecule has 0 saturated carbocycles. The molecule has 1 heterocycles. The molecule has 33 heavy (non-hydrogen) atoms. The molecule has 9 heteroatoms. The van der Waals surface area contributed by atoms with Crippen LogP contribution < -0.4 is 20.1 Å². The van der Waals surface area contributed by atoms with E-state index in [0.29, 0.717) is 35.0 Å². The largest absolute Gasteiger partial charge is 0.494 e. The molecule has 4 rings (SSSR count). The summed E-state index contributed by atoms with van der Waals surface area (Å²) in [4.78, 5) is 25.2. The smallest absolute Gasteiger partial charge is 0.255 e. The molecular weight excluding hydrogens is 422 g/mol. The van der Waals surface area contributed by atoms with E-state index in [4.69, 9.17) is 9.47 Å². The standard InChI is InChI=1S/C24H23N5O4/c1-32-21-15-19(26-24(31)16-8-4-3-5-9-16)22(33-2)14-18(21)25-23(30)12-13-29-20-11-7-6-10-17(20)27-28-29/h3-11,14-15H,12-13H2,1-2H3,(H,25,30)(H,26,31). The van der Waals surface area contributed by atoms with Gasteiger partial charge in [0.05, 0.1) is 37.7 Å². The van der Waals surface area contributed by atoms with Crippen molar-refractivity contribution in [2.24, 2.45) is 0 Å². The molecule has 168 valence electrons. The zero-order valence-electron chi connectivity index (χ0n) is 18.2. The van der Waals surface area contributed by atoms with Crippen molar-refractivity contribution in [1.29, 1.82) is 0 Å². The van der Waals surface area contributed by atoms with E-state index in [9.17, 15) is 9.59 Å². The molecule has 0 saturated heterocycles. The summed E-state index contributed by atoms with van der Waals surface area (Å²) in [6.45, 7) is 0.372. The van der Waals surface area contributed by atoms with E-state index < -0.39 is 0 Å². The third-order valence-electron chi connectivity index (χ3n) is 5.05. The number of anilines is 2. The van der Waals surface area contributed by atoms with Crippen LogP contribution in [0.5, 0.6) is 11.5 Å². The number of nitrogens with one attached hydrogen (secondary N) is 2. The van der Waals surface area contributed by atoms with Gasteiger partial charge in [-0.1, -0.05) is 35.5 Å². The van der Waals surface area contributed by atoms with Gasteiger partial charge in [-0.2, -0.15) is 0 Å². The van der Waals surface area contributed by atoms with Gasteiger partial charge in [0.2, 0.25) is 5.91 Å². The summed E-state index contributed by atoms with van der Waals surface area (Å²) in [5.74, 6) is 0.264. The van der Waals surface area contributed by atoms with Gasteiger partial charge in [0.15, 0.2) is 0 Å². The highest BCUT2D eigenvalue weighted by molar-refractivity contribution is 6.05. The first-order chi connectivity index (χ1) is 16.1. The van der Waals surface area contributed by atoms with Crippen LogP contribution in [0, 0.1) is 0 Å². The Kier molecular flexibility index (Phi) is 6.49. The lowest BCUT2D eigenvalue weighted by Crippen LogP contribution is -2.16. The van der Waals surface area contributed by atoms with Crippen molar-refractivity contribution in [2.45, 2.75) is 13.0 Å². The third-order valence-corrected chi connectivity index (χ3v) is 5.05. The van der Waals surface area contributed by atoms with Gasteiger partial charge in [-0.25, -0.2) is 4.68 Å². The second kappa shape index (κ2) is 9.82. The van der Waals surface area contributed by atoms with Crippen molar-refractivity contribution in [1.82, 2.24) is 15.0 Å². The van der Waals surface area contributed by atoms with Crippen molar-refractivity contribution in [3.05, 3.63) is 72.3 Å². The van der Waals surface area contributed by atoms with Crippen LogP contribution in [0.3, 0.4) is 0 Å². The maximum Gasteiger partial charge on any atom is 0.255 e. The number of methoxy groups -OCH3 is 2. The number of rotatable bonds is 8. The third kappa shape index (κ3) is 4.93. The van der Waals surface area contributed by atoms with Crippen molar-refractivity contribution in [2.75, 3.05) is 24.9 Å². The maximum absolute atomic E-state index is 12.6. The van der Waals surface area contributed by atoms with Gasteiger partial charge in [0.1, 0.15) is 17.0 Å². The highest BCUT2D eigenvalue weighted by Gasteiger charge is 2.16. The minimum atomic E-state index is -0.284. The van der Waals surface area contributed by atoms with Gasteiger partial charge >= 0.3 is 0 Å². The molecule has 4 aromatic rings. The first-order valence-corrected chi connectivity index (χ1v) is 10.3. The molecule has 0 unspecified atom stereocenters. The van der Waals surface area contributed by atoms with Gasteiger partial charge in [-0.05, 0) is 24.3 Å².